The predicted octanol–water partition coefficient (Wildman–Crippen LogP) is 1.64. The number of amides is 1. The van der Waals surface area contributed by atoms with Crippen LogP contribution in [0.25, 0.3) is 0 Å². The third-order valence-electron chi connectivity index (χ3n) is 3.04. The Hall–Kier alpha value is -2.10. The normalized spacial score (nSPS) is 11.9. The summed E-state index contributed by atoms with van der Waals surface area (Å²) in [6, 6.07) is 8.75. The molecular formula is C14H13ClN2O5S2. The molecule has 2 aromatic rings. The Morgan fingerprint density at radius 3 is 2.25 bits per heavy atom. The third-order valence-corrected chi connectivity index (χ3v) is 5.84. The molecule has 10 heteroatoms. The van der Waals surface area contributed by atoms with Crippen LogP contribution in [0.3, 0.4) is 0 Å². The van der Waals surface area contributed by atoms with E-state index in [0.717, 1.165) is 12.3 Å². The molecule has 1 amide bonds. The van der Waals surface area contributed by atoms with Crippen LogP contribution in [0.2, 0.25) is 5.02 Å². The van der Waals surface area contributed by atoms with Gasteiger partial charge in [0.2, 0.25) is 5.91 Å². The molecule has 0 unspecified atom stereocenters. The number of sulfone groups is 1. The van der Waals surface area contributed by atoms with Gasteiger partial charge in [0.05, 0.1) is 20.5 Å². The lowest BCUT2D eigenvalue weighted by molar-refractivity contribution is 0.100. The van der Waals surface area contributed by atoms with Crippen molar-refractivity contribution < 1.29 is 21.6 Å². The van der Waals surface area contributed by atoms with Crippen molar-refractivity contribution >= 4 is 43.1 Å². The van der Waals surface area contributed by atoms with Crippen LogP contribution in [0.1, 0.15) is 10.4 Å². The Morgan fingerprint density at radius 1 is 1.04 bits per heavy atom. The van der Waals surface area contributed by atoms with Gasteiger partial charge in [-0.1, -0.05) is 17.7 Å². The summed E-state index contributed by atoms with van der Waals surface area (Å²) in [5, 5.41) is 0.0582. The van der Waals surface area contributed by atoms with Crippen LogP contribution in [0, 0.1) is 0 Å². The summed E-state index contributed by atoms with van der Waals surface area (Å²) in [5.74, 6) is -0.744. The molecule has 0 spiro atoms. The van der Waals surface area contributed by atoms with E-state index in [0.29, 0.717) is 0 Å². The number of anilines is 1. The van der Waals surface area contributed by atoms with Gasteiger partial charge in [0.25, 0.3) is 10.0 Å². The largest absolute Gasteiger partial charge is 0.366 e. The van der Waals surface area contributed by atoms with Crippen molar-refractivity contribution in [3.63, 3.8) is 0 Å². The number of hydrogen-bond acceptors (Lipinski definition) is 5. The summed E-state index contributed by atoms with van der Waals surface area (Å²) >= 11 is 5.92. The molecular weight excluding hydrogens is 376 g/mol. The molecule has 0 fully saturated rings. The molecule has 7 nitrogen and oxygen atoms in total. The summed E-state index contributed by atoms with van der Waals surface area (Å²) in [4.78, 5) is 10.8. The fourth-order valence-corrected chi connectivity index (χ4v) is 3.91. The smallest absolute Gasteiger partial charge is 0.261 e. The van der Waals surface area contributed by atoms with Crippen molar-refractivity contribution in [3.8, 4) is 0 Å². The number of nitrogens with two attached hydrogens (primary N) is 1. The van der Waals surface area contributed by atoms with Gasteiger partial charge in [-0.3, -0.25) is 9.52 Å². The summed E-state index contributed by atoms with van der Waals surface area (Å²) < 4.78 is 50.2. The molecule has 0 radical (unpaired) electrons. The first-order chi connectivity index (χ1) is 11.0. The Morgan fingerprint density at radius 2 is 1.67 bits per heavy atom. The summed E-state index contributed by atoms with van der Waals surface area (Å²) in [7, 11) is -7.68. The number of sulfonamides is 1. The zero-order valence-electron chi connectivity index (χ0n) is 12.4. The molecule has 2 rings (SSSR count). The minimum atomic E-state index is -4.11. The van der Waals surface area contributed by atoms with E-state index in [4.69, 9.17) is 17.3 Å². The Kier molecular flexibility index (Phi) is 4.88. The number of nitrogens with one attached hydrogen (secondary N) is 1. The highest BCUT2D eigenvalue weighted by atomic mass is 35.5. The predicted molar refractivity (Wildman–Crippen MR) is 90.3 cm³/mol. The van der Waals surface area contributed by atoms with Gasteiger partial charge in [0, 0.05) is 11.8 Å². The molecule has 0 aliphatic carbocycles. The van der Waals surface area contributed by atoms with Crippen molar-refractivity contribution in [1.82, 2.24) is 0 Å². The van der Waals surface area contributed by atoms with Gasteiger partial charge in [-0.15, -0.1) is 0 Å². The number of carbonyl (C=O) groups excluding carboxylic acids is 1. The van der Waals surface area contributed by atoms with Crippen molar-refractivity contribution in [2.24, 2.45) is 5.73 Å². The minimum Gasteiger partial charge on any atom is -0.366 e. The molecule has 24 heavy (non-hydrogen) atoms. The van der Waals surface area contributed by atoms with Crippen molar-refractivity contribution in [2.75, 3.05) is 11.0 Å². The van der Waals surface area contributed by atoms with Gasteiger partial charge >= 0.3 is 0 Å². The lowest BCUT2D eigenvalue weighted by Crippen LogP contribution is -2.16. The highest BCUT2D eigenvalue weighted by molar-refractivity contribution is 7.93. The fraction of sp³-hybridized carbons (Fsp3) is 0.0714. The maximum atomic E-state index is 12.4. The van der Waals surface area contributed by atoms with Crippen LogP contribution in [-0.2, 0) is 19.9 Å². The minimum absolute atomic E-state index is 0.0438. The SMILES string of the molecule is CS(=O)(=O)c1cccc(S(=O)(=O)Nc2cc(C(N)=O)ccc2Cl)c1. The molecule has 2 aromatic carbocycles. The Bertz CT molecular complexity index is 1020. The molecule has 0 aliphatic rings. The van der Waals surface area contributed by atoms with E-state index in [1.54, 1.807) is 0 Å². The first-order valence-electron chi connectivity index (χ1n) is 6.43. The van der Waals surface area contributed by atoms with Crippen LogP contribution in [-0.4, -0.2) is 29.0 Å². The summed E-state index contributed by atoms with van der Waals surface area (Å²) in [6.45, 7) is 0. The van der Waals surface area contributed by atoms with Gasteiger partial charge in [-0.2, -0.15) is 0 Å². The van der Waals surface area contributed by atoms with Gasteiger partial charge in [0.15, 0.2) is 9.84 Å². The fourth-order valence-electron chi connectivity index (χ4n) is 1.83. The van der Waals surface area contributed by atoms with Crippen LogP contribution >= 0.6 is 11.6 Å². The van der Waals surface area contributed by atoms with Crippen molar-refractivity contribution in [2.45, 2.75) is 9.79 Å². The molecule has 0 heterocycles. The molecule has 3 N–H and O–H groups in total. The van der Waals surface area contributed by atoms with Crippen LogP contribution < -0.4 is 10.5 Å². The number of carbonyl (C=O) groups is 1. The van der Waals surface area contributed by atoms with E-state index in [9.17, 15) is 21.6 Å². The maximum absolute atomic E-state index is 12.4. The van der Waals surface area contributed by atoms with E-state index in [2.05, 4.69) is 4.72 Å². The van der Waals surface area contributed by atoms with Gasteiger partial charge in [-0.05, 0) is 36.4 Å². The molecule has 0 atom stereocenters. The number of primary amides is 1. The van der Waals surface area contributed by atoms with Crippen LogP contribution in [0.15, 0.2) is 52.3 Å². The highest BCUT2D eigenvalue weighted by Crippen LogP contribution is 2.26. The second-order valence-electron chi connectivity index (χ2n) is 4.91. The quantitative estimate of drug-likeness (QED) is 0.805. The van der Waals surface area contributed by atoms with E-state index >= 15 is 0 Å². The maximum Gasteiger partial charge on any atom is 0.261 e. The second-order valence-corrected chi connectivity index (χ2v) is 9.02. The molecule has 0 saturated carbocycles. The Balaban J connectivity index is 2.46. The highest BCUT2D eigenvalue weighted by Gasteiger charge is 2.19. The standard InChI is InChI=1S/C14H13ClN2O5S2/c1-23(19,20)10-3-2-4-11(8-10)24(21,22)17-13-7-9(14(16)18)5-6-12(13)15/h2-8,17H,1H3,(H2,16,18). The van der Waals surface area contributed by atoms with E-state index in [-0.39, 0.29) is 26.1 Å². The average molecular weight is 389 g/mol. The number of hydrogen-bond donors (Lipinski definition) is 2. The van der Waals surface area contributed by atoms with E-state index in [1.165, 1.54) is 36.4 Å². The van der Waals surface area contributed by atoms with Gasteiger partial charge < -0.3 is 5.73 Å². The third kappa shape index (κ3) is 4.05. The summed E-state index contributed by atoms with van der Waals surface area (Å²) in [6.07, 6.45) is 0.972. The number of halogens is 1. The monoisotopic (exact) mass is 388 g/mol. The lowest BCUT2D eigenvalue weighted by atomic mass is 10.2. The van der Waals surface area contributed by atoms with Crippen molar-refractivity contribution in [3.05, 3.63) is 53.1 Å². The zero-order valence-corrected chi connectivity index (χ0v) is 14.7. The average Bonchev–Trinajstić information content (AvgIpc) is 2.48. The second kappa shape index (κ2) is 6.42. The van der Waals surface area contributed by atoms with Gasteiger partial charge in [-0.25, -0.2) is 16.8 Å². The van der Waals surface area contributed by atoms with Crippen LogP contribution in [0.4, 0.5) is 5.69 Å². The molecule has 0 bridgehead atoms. The summed E-state index contributed by atoms with van der Waals surface area (Å²) in [5.41, 5.74) is 5.18. The number of benzene rings is 2. The molecule has 128 valence electrons. The molecule has 0 aliphatic heterocycles. The van der Waals surface area contributed by atoms with Crippen LogP contribution in [0.5, 0.6) is 0 Å². The zero-order chi connectivity index (χ0) is 18.1. The number of rotatable bonds is 5. The molecule has 0 aromatic heterocycles. The molecule has 0 saturated heterocycles. The topological polar surface area (TPSA) is 123 Å². The van der Waals surface area contributed by atoms with Crippen molar-refractivity contribution in [1.29, 1.82) is 0 Å². The van der Waals surface area contributed by atoms with Gasteiger partial charge in [0.1, 0.15) is 0 Å². The lowest BCUT2D eigenvalue weighted by Gasteiger charge is -2.11. The Labute approximate surface area is 144 Å². The van der Waals surface area contributed by atoms with E-state index < -0.39 is 25.8 Å². The van der Waals surface area contributed by atoms with E-state index in [1.807, 2.05) is 0 Å². The first kappa shape index (κ1) is 18.2. The first-order valence-corrected chi connectivity index (χ1v) is 10.2.